The third kappa shape index (κ3) is 2.80. The van der Waals surface area contributed by atoms with Crippen molar-refractivity contribution in [3.8, 4) is 0 Å². The predicted octanol–water partition coefficient (Wildman–Crippen LogP) is 3.36. The van der Waals surface area contributed by atoms with Gasteiger partial charge in [-0.15, -0.1) is 0 Å². The Balaban J connectivity index is 1.84. The molecule has 2 aliphatic rings. The number of nitrogens with one attached hydrogen (secondary N) is 1. The number of carbonyl (C=O) groups excluding carboxylic acids is 1. The van der Waals surface area contributed by atoms with Gasteiger partial charge in [-0.3, -0.25) is 4.79 Å². The normalized spacial score (nSPS) is 20.2. The molecule has 25 heavy (non-hydrogen) atoms. The van der Waals surface area contributed by atoms with Gasteiger partial charge in [0.05, 0.1) is 5.69 Å². The van der Waals surface area contributed by atoms with E-state index in [9.17, 15) is 4.79 Å². The molecule has 128 valence electrons. The molecule has 1 unspecified atom stereocenters. The van der Waals surface area contributed by atoms with E-state index in [1.807, 2.05) is 24.6 Å². The summed E-state index contributed by atoms with van der Waals surface area (Å²) in [6.07, 6.45) is 2.37. The molecule has 1 N–H and O–H groups in total. The van der Waals surface area contributed by atoms with Crippen molar-refractivity contribution in [2.24, 2.45) is 4.99 Å². The number of Topliss-reactive ketones (excluding diaryl/α,β-unsaturated/α-hetero) is 1. The van der Waals surface area contributed by atoms with Gasteiger partial charge in [0.15, 0.2) is 5.78 Å². The summed E-state index contributed by atoms with van der Waals surface area (Å²) in [5, 5.41) is 7.93. The summed E-state index contributed by atoms with van der Waals surface area (Å²) >= 11 is 0. The van der Waals surface area contributed by atoms with Gasteiger partial charge in [-0.25, -0.2) is 9.67 Å². The molecule has 0 amide bonds. The van der Waals surface area contributed by atoms with Crippen LogP contribution < -0.4 is 5.32 Å². The second-order valence-electron chi connectivity index (χ2n) is 6.90. The van der Waals surface area contributed by atoms with Gasteiger partial charge in [-0.2, -0.15) is 5.10 Å². The van der Waals surface area contributed by atoms with E-state index in [1.54, 1.807) is 0 Å². The summed E-state index contributed by atoms with van der Waals surface area (Å²) in [6.45, 7) is 6.05. The van der Waals surface area contributed by atoms with Crippen LogP contribution in [0.5, 0.6) is 0 Å². The number of rotatable bonds is 1. The molecule has 1 aromatic carbocycles. The van der Waals surface area contributed by atoms with Gasteiger partial charge >= 0.3 is 0 Å². The van der Waals surface area contributed by atoms with Crippen molar-refractivity contribution in [1.82, 2.24) is 15.1 Å². The highest BCUT2D eigenvalue weighted by molar-refractivity contribution is 6.01. The second kappa shape index (κ2) is 5.99. The molecule has 0 bridgehead atoms. The summed E-state index contributed by atoms with van der Waals surface area (Å²) in [5.74, 6) is 0.903. The Hall–Kier alpha value is -2.69. The predicted molar refractivity (Wildman–Crippen MR) is 97.5 cm³/mol. The molecule has 1 aliphatic heterocycles. The quantitative estimate of drug-likeness (QED) is 0.870. The van der Waals surface area contributed by atoms with E-state index in [2.05, 4.69) is 41.6 Å². The van der Waals surface area contributed by atoms with E-state index in [4.69, 9.17) is 4.99 Å². The highest BCUT2D eigenvalue weighted by Crippen LogP contribution is 2.36. The summed E-state index contributed by atoms with van der Waals surface area (Å²) < 4.78 is 1.83. The van der Waals surface area contributed by atoms with Crippen molar-refractivity contribution in [1.29, 1.82) is 0 Å². The van der Waals surface area contributed by atoms with E-state index < -0.39 is 0 Å². The maximum atomic E-state index is 12.6. The van der Waals surface area contributed by atoms with Gasteiger partial charge in [0.2, 0.25) is 5.96 Å². The van der Waals surface area contributed by atoms with Gasteiger partial charge < -0.3 is 5.32 Å². The third-order valence-corrected chi connectivity index (χ3v) is 4.85. The largest absolute Gasteiger partial charge is 0.328 e. The summed E-state index contributed by atoms with van der Waals surface area (Å²) in [5.41, 5.74) is 6.05. The molecule has 2 aromatic rings. The van der Waals surface area contributed by atoms with Crippen LogP contribution in [0.25, 0.3) is 0 Å². The Morgan fingerprint density at radius 2 is 1.88 bits per heavy atom. The molecular weight excluding hydrogens is 312 g/mol. The zero-order valence-electron chi connectivity index (χ0n) is 14.8. The highest BCUT2D eigenvalue weighted by atomic mass is 16.1. The standard InChI is InChI=1S/C20H22N4O/c1-12-7-9-15(10-8-12)19-18-16(5-4-6-17(18)25)21-20(22-19)24-14(3)11-13(2)23-24/h7-11,19H,4-6H2,1-3H3,(H,21,22). The van der Waals surface area contributed by atoms with Crippen molar-refractivity contribution in [3.05, 3.63) is 64.1 Å². The SMILES string of the molecule is Cc1ccc(C2N=C(n3nc(C)cc3C)NC3=C2C(=O)CCC3)cc1. The number of benzene rings is 1. The number of hydrogen-bond donors (Lipinski definition) is 1. The number of nitrogens with zero attached hydrogens (tertiary/aromatic N) is 3. The summed E-state index contributed by atoms with van der Waals surface area (Å²) in [6, 6.07) is 10.1. The molecule has 0 fully saturated rings. The first-order valence-electron chi connectivity index (χ1n) is 8.74. The molecule has 1 aliphatic carbocycles. The molecule has 0 saturated heterocycles. The van der Waals surface area contributed by atoms with Crippen LogP contribution in [0.3, 0.4) is 0 Å². The number of hydrogen-bond acceptors (Lipinski definition) is 4. The first kappa shape index (κ1) is 15.8. The van der Waals surface area contributed by atoms with Crippen LogP contribution in [0.4, 0.5) is 0 Å². The average molecular weight is 334 g/mol. The third-order valence-electron chi connectivity index (χ3n) is 4.85. The van der Waals surface area contributed by atoms with Gasteiger partial charge in [0.25, 0.3) is 0 Å². The van der Waals surface area contributed by atoms with E-state index in [0.717, 1.165) is 41.1 Å². The van der Waals surface area contributed by atoms with Crippen LogP contribution in [-0.4, -0.2) is 21.5 Å². The maximum absolute atomic E-state index is 12.6. The monoisotopic (exact) mass is 334 g/mol. The molecular formula is C20H22N4O. The van der Waals surface area contributed by atoms with Gasteiger partial charge in [0.1, 0.15) is 6.04 Å². The Morgan fingerprint density at radius 3 is 2.56 bits per heavy atom. The summed E-state index contributed by atoms with van der Waals surface area (Å²) in [7, 11) is 0. The first-order valence-corrected chi connectivity index (χ1v) is 8.74. The van der Waals surface area contributed by atoms with Crippen molar-refractivity contribution >= 4 is 11.7 Å². The van der Waals surface area contributed by atoms with Crippen LogP contribution in [0, 0.1) is 20.8 Å². The van der Waals surface area contributed by atoms with Crippen molar-refractivity contribution < 1.29 is 4.79 Å². The van der Waals surface area contributed by atoms with Gasteiger partial charge in [-0.1, -0.05) is 29.8 Å². The fraction of sp³-hybridized carbons (Fsp3) is 0.350. The summed E-state index contributed by atoms with van der Waals surface area (Å²) in [4.78, 5) is 17.5. The molecule has 0 spiro atoms. The number of carbonyl (C=O) groups is 1. The lowest BCUT2D eigenvalue weighted by Crippen LogP contribution is -2.39. The molecule has 2 heterocycles. The van der Waals surface area contributed by atoms with E-state index in [-0.39, 0.29) is 11.8 Å². The van der Waals surface area contributed by atoms with Gasteiger partial charge in [0, 0.05) is 23.4 Å². The lowest BCUT2D eigenvalue weighted by Gasteiger charge is -2.30. The van der Waals surface area contributed by atoms with Crippen LogP contribution in [0.15, 0.2) is 46.6 Å². The number of aryl methyl sites for hydroxylation is 3. The lowest BCUT2D eigenvalue weighted by molar-refractivity contribution is -0.116. The van der Waals surface area contributed by atoms with Crippen LogP contribution in [-0.2, 0) is 4.79 Å². The minimum atomic E-state index is -0.261. The van der Waals surface area contributed by atoms with Crippen LogP contribution in [0.1, 0.15) is 47.8 Å². The minimum absolute atomic E-state index is 0.204. The van der Waals surface area contributed by atoms with Crippen molar-refractivity contribution in [2.75, 3.05) is 0 Å². The number of aliphatic imine (C=N–C) groups is 1. The molecule has 0 saturated carbocycles. The number of aromatic nitrogens is 2. The number of ketones is 1. The smallest absolute Gasteiger partial charge is 0.224 e. The second-order valence-corrected chi connectivity index (χ2v) is 6.90. The lowest BCUT2D eigenvalue weighted by atomic mass is 9.86. The molecule has 0 radical (unpaired) electrons. The fourth-order valence-corrected chi connectivity index (χ4v) is 3.61. The Kier molecular flexibility index (Phi) is 3.79. The zero-order valence-corrected chi connectivity index (χ0v) is 14.8. The molecule has 4 rings (SSSR count). The Labute approximate surface area is 147 Å². The first-order chi connectivity index (χ1) is 12.0. The maximum Gasteiger partial charge on any atom is 0.224 e. The van der Waals surface area contributed by atoms with E-state index in [1.165, 1.54) is 5.56 Å². The Morgan fingerprint density at radius 1 is 1.12 bits per heavy atom. The molecule has 1 aromatic heterocycles. The van der Waals surface area contributed by atoms with Crippen molar-refractivity contribution in [2.45, 2.75) is 46.1 Å². The van der Waals surface area contributed by atoms with Crippen LogP contribution >= 0.6 is 0 Å². The fourth-order valence-electron chi connectivity index (χ4n) is 3.61. The zero-order chi connectivity index (χ0) is 17.6. The molecule has 5 nitrogen and oxygen atoms in total. The Bertz CT molecular complexity index is 902. The minimum Gasteiger partial charge on any atom is -0.328 e. The number of allylic oxidation sites excluding steroid dienone is 1. The van der Waals surface area contributed by atoms with E-state index >= 15 is 0 Å². The highest BCUT2D eigenvalue weighted by Gasteiger charge is 2.33. The van der Waals surface area contributed by atoms with Gasteiger partial charge in [-0.05, 0) is 45.2 Å². The topological polar surface area (TPSA) is 59.3 Å². The van der Waals surface area contributed by atoms with Crippen molar-refractivity contribution in [3.63, 3.8) is 0 Å². The molecule has 5 heteroatoms. The molecule has 1 atom stereocenters. The van der Waals surface area contributed by atoms with E-state index in [0.29, 0.717) is 12.4 Å². The average Bonchev–Trinajstić information content (AvgIpc) is 2.93. The van der Waals surface area contributed by atoms with Crippen LogP contribution in [0.2, 0.25) is 0 Å².